The molecular weight excluding hydrogens is 180 g/mol. The van der Waals surface area contributed by atoms with Gasteiger partial charge < -0.3 is 4.98 Å². The lowest BCUT2D eigenvalue weighted by atomic mass is 10.1. The van der Waals surface area contributed by atoms with Crippen molar-refractivity contribution in [2.45, 2.75) is 6.42 Å². The third-order valence-electron chi connectivity index (χ3n) is 2.23. The number of nitrogens with one attached hydrogen (secondary N) is 1. The monoisotopic (exact) mass is 189 g/mol. The number of fused-ring (bicyclic) bond motifs is 1. The van der Waals surface area contributed by atoms with Crippen LogP contribution in [0.1, 0.15) is 5.56 Å². The molecule has 0 amide bonds. The van der Waals surface area contributed by atoms with Crippen LogP contribution in [-0.2, 0) is 6.42 Å². The maximum Gasteiger partial charge on any atom is 0.279 e. The molecule has 71 valence electrons. The van der Waals surface area contributed by atoms with E-state index in [2.05, 4.69) is 11.9 Å². The zero-order valence-electron chi connectivity index (χ0n) is 7.49. The molecule has 1 aromatic heterocycles. The molecule has 0 aliphatic heterocycles. The van der Waals surface area contributed by atoms with Crippen LogP contribution in [0.4, 0.5) is 5.69 Å². The van der Waals surface area contributed by atoms with Crippen LogP contribution in [-0.4, -0.2) is 9.91 Å². The smallest absolute Gasteiger partial charge is 0.279 e. The average Bonchev–Trinajstić information content (AvgIpc) is 2.59. The Bertz CT molecular complexity index is 488. The number of aromatic nitrogens is 1. The highest BCUT2D eigenvalue weighted by atomic mass is 16.6. The van der Waals surface area contributed by atoms with Gasteiger partial charge in [0.05, 0.1) is 15.8 Å². The number of aromatic amines is 1. The van der Waals surface area contributed by atoms with Crippen LogP contribution in [0.5, 0.6) is 0 Å². The molecule has 0 atom stereocenters. The molecule has 2 aromatic rings. The van der Waals surface area contributed by atoms with Crippen LogP contribution < -0.4 is 0 Å². The van der Waals surface area contributed by atoms with Gasteiger partial charge in [-0.05, 0) is 25.0 Å². The molecule has 1 heterocycles. The Morgan fingerprint density at radius 2 is 2.29 bits per heavy atom. The van der Waals surface area contributed by atoms with Gasteiger partial charge in [-0.2, -0.15) is 0 Å². The summed E-state index contributed by atoms with van der Waals surface area (Å²) in [5.74, 6) is 0. The highest BCUT2D eigenvalue weighted by Gasteiger charge is 2.14. The lowest BCUT2D eigenvalue weighted by Crippen LogP contribution is -1.89. The molecule has 0 spiro atoms. The number of rotatable bonds is 2. The Kier molecular flexibility index (Phi) is 1.96. The van der Waals surface area contributed by atoms with Crippen molar-refractivity contribution >= 4 is 16.6 Å². The van der Waals surface area contributed by atoms with Gasteiger partial charge >= 0.3 is 0 Å². The Balaban J connectivity index is 2.81. The predicted octanol–water partition coefficient (Wildman–Crippen LogP) is 2.45. The predicted molar refractivity (Wildman–Crippen MR) is 54.0 cm³/mol. The van der Waals surface area contributed by atoms with E-state index in [0.29, 0.717) is 11.8 Å². The Morgan fingerprint density at radius 3 is 2.93 bits per heavy atom. The summed E-state index contributed by atoms with van der Waals surface area (Å²) in [6.07, 6.45) is 2.32. The minimum Gasteiger partial charge on any atom is -0.361 e. The summed E-state index contributed by atoms with van der Waals surface area (Å²) in [6.45, 7) is 3.74. The Morgan fingerprint density at radius 1 is 1.50 bits per heavy atom. The minimum absolute atomic E-state index is 0.141. The maximum atomic E-state index is 10.8. The fraction of sp³-hybridized carbons (Fsp3) is 0.100. The fourth-order valence-corrected chi connectivity index (χ4v) is 1.58. The van der Waals surface area contributed by atoms with Crippen molar-refractivity contribution in [1.29, 1.82) is 0 Å². The summed E-state index contributed by atoms with van der Waals surface area (Å²) in [6, 6.07) is 5.00. The van der Waals surface area contributed by atoms with Gasteiger partial charge in [0, 0.05) is 12.3 Å². The quantitative estimate of drug-likeness (QED) is 0.582. The van der Waals surface area contributed by atoms with E-state index in [1.807, 2.05) is 6.07 Å². The number of non-ortho nitro benzene ring substituents is 1. The van der Waals surface area contributed by atoms with Gasteiger partial charge in [0.1, 0.15) is 0 Å². The zero-order chi connectivity index (χ0) is 10.1. The first-order valence-corrected chi connectivity index (χ1v) is 4.26. The van der Waals surface area contributed by atoms with Gasteiger partial charge in [0.25, 0.3) is 5.69 Å². The summed E-state index contributed by atoms with van der Waals surface area (Å²) < 4.78 is 0. The zero-order valence-corrected chi connectivity index (χ0v) is 7.49. The van der Waals surface area contributed by atoms with Crippen LogP contribution in [0.15, 0.2) is 24.4 Å². The van der Waals surface area contributed by atoms with Crippen LogP contribution >= 0.6 is 0 Å². The minimum atomic E-state index is -0.366. The third kappa shape index (κ3) is 1.16. The molecular formula is C10H9N2O2. The van der Waals surface area contributed by atoms with E-state index >= 15 is 0 Å². The molecule has 2 rings (SSSR count). The molecule has 0 aliphatic rings. The Labute approximate surface area is 80.7 Å². The SMILES string of the molecule is [CH2]Cc1c[nH]c2cccc([N+](=O)[O-])c12. The van der Waals surface area contributed by atoms with E-state index in [-0.39, 0.29) is 10.6 Å². The molecule has 0 unspecified atom stereocenters. The molecule has 1 N–H and O–H groups in total. The largest absolute Gasteiger partial charge is 0.361 e. The fourth-order valence-electron chi connectivity index (χ4n) is 1.58. The van der Waals surface area contributed by atoms with Gasteiger partial charge in [-0.25, -0.2) is 0 Å². The number of nitro groups is 1. The second kappa shape index (κ2) is 3.14. The number of hydrogen-bond acceptors (Lipinski definition) is 2. The van der Waals surface area contributed by atoms with Crippen molar-refractivity contribution in [2.75, 3.05) is 0 Å². The van der Waals surface area contributed by atoms with Crippen LogP contribution in [0, 0.1) is 17.0 Å². The number of H-pyrrole nitrogens is 1. The second-order valence-corrected chi connectivity index (χ2v) is 3.02. The molecule has 14 heavy (non-hydrogen) atoms. The van der Waals surface area contributed by atoms with Gasteiger partial charge in [-0.15, -0.1) is 0 Å². The van der Waals surface area contributed by atoms with Gasteiger partial charge in [0.2, 0.25) is 0 Å². The van der Waals surface area contributed by atoms with E-state index in [0.717, 1.165) is 11.1 Å². The molecule has 1 radical (unpaired) electrons. The van der Waals surface area contributed by atoms with Gasteiger partial charge in [0.15, 0.2) is 0 Å². The first-order valence-electron chi connectivity index (χ1n) is 4.26. The first-order chi connectivity index (χ1) is 6.74. The molecule has 0 fully saturated rings. The van der Waals surface area contributed by atoms with Crippen molar-refractivity contribution in [1.82, 2.24) is 4.98 Å². The van der Waals surface area contributed by atoms with Crippen LogP contribution in [0.3, 0.4) is 0 Å². The van der Waals surface area contributed by atoms with Crippen molar-refractivity contribution in [3.05, 3.63) is 47.0 Å². The van der Waals surface area contributed by atoms with Gasteiger partial charge in [-0.3, -0.25) is 10.1 Å². The number of hydrogen-bond donors (Lipinski definition) is 1. The summed E-state index contributed by atoms with van der Waals surface area (Å²) >= 11 is 0. The highest BCUT2D eigenvalue weighted by molar-refractivity contribution is 5.91. The number of benzene rings is 1. The molecule has 0 aliphatic carbocycles. The summed E-state index contributed by atoms with van der Waals surface area (Å²) in [5, 5.41) is 11.4. The van der Waals surface area contributed by atoms with Crippen molar-refractivity contribution in [3.8, 4) is 0 Å². The average molecular weight is 189 g/mol. The van der Waals surface area contributed by atoms with Crippen LogP contribution in [0.2, 0.25) is 0 Å². The van der Waals surface area contributed by atoms with E-state index in [4.69, 9.17) is 0 Å². The molecule has 4 heteroatoms. The second-order valence-electron chi connectivity index (χ2n) is 3.02. The highest BCUT2D eigenvalue weighted by Crippen LogP contribution is 2.28. The van der Waals surface area contributed by atoms with E-state index < -0.39 is 0 Å². The molecule has 0 saturated heterocycles. The van der Waals surface area contributed by atoms with Gasteiger partial charge in [-0.1, -0.05) is 6.07 Å². The molecule has 0 bridgehead atoms. The Hall–Kier alpha value is -1.84. The normalized spacial score (nSPS) is 10.6. The van der Waals surface area contributed by atoms with Crippen molar-refractivity contribution < 1.29 is 4.92 Å². The summed E-state index contributed by atoms with van der Waals surface area (Å²) in [7, 11) is 0. The van der Waals surface area contributed by atoms with E-state index in [1.54, 1.807) is 12.3 Å². The topological polar surface area (TPSA) is 58.9 Å². The lowest BCUT2D eigenvalue weighted by molar-refractivity contribution is -0.383. The third-order valence-corrected chi connectivity index (χ3v) is 2.23. The summed E-state index contributed by atoms with van der Waals surface area (Å²) in [5.41, 5.74) is 1.81. The molecule has 4 nitrogen and oxygen atoms in total. The molecule has 0 saturated carbocycles. The number of nitrogens with zero attached hydrogens (tertiary/aromatic N) is 1. The van der Waals surface area contributed by atoms with E-state index in [1.165, 1.54) is 6.07 Å². The number of nitro benzene ring substituents is 1. The lowest BCUT2D eigenvalue weighted by Gasteiger charge is -1.95. The summed E-state index contributed by atoms with van der Waals surface area (Å²) in [4.78, 5) is 13.4. The van der Waals surface area contributed by atoms with Crippen molar-refractivity contribution in [3.63, 3.8) is 0 Å². The standard InChI is InChI=1S/C10H9N2O2/c1-2-7-6-11-8-4-3-5-9(10(7)8)12(13)14/h3-6,11H,1-2H2. The molecule has 1 aromatic carbocycles. The van der Waals surface area contributed by atoms with Crippen molar-refractivity contribution in [2.24, 2.45) is 0 Å². The van der Waals surface area contributed by atoms with Crippen LogP contribution in [0.25, 0.3) is 10.9 Å². The van der Waals surface area contributed by atoms with E-state index in [9.17, 15) is 10.1 Å². The first kappa shape index (κ1) is 8.74. The maximum absolute atomic E-state index is 10.8.